The predicted octanol–water partition coefficient (Wildman–Crippen LogP) is 1.13. The monoisotopic (exact) mass is 164 g/mol. The molecule has 0 saturated heterocycles. The van der Waals surface area contributed by atoms with Gasteiger partial charge < -0.3 is 4.74 Å². The summed E-state index contributed by atoms with van der Waals surface area (Å²) < 4.78 is 4.61. The van der Waals surface area contributed by atoms with Crippen LogP contribution in [0.3, 0.4) is 0 Å². The van der Waals surface area contributed by atoms with Crippen LogP contribution >= 0.6 is 0 Å². The maximum atomic E-state index is 10.4. The molecule has 62 valence electrons. The highest BCUT2D eigenvalue weighted by atomic mass is 16.5. The van der Waals surface area contributed by atoms with Gasteiger partial charge in [-0.05, 0) is 0 Å². The van der Waals surface area contributed by atoms with Crippen molar-refractivity contribution in [3.8, 4) is 0 Å². The molecule has 0 atom stereocenters. The van der Waals surface area contributed by atoms with Gasteiger partial charge in [0, 0.05) is 18.1 Å². The van der Waals surface area contributed by atoms with Crippen molar-refractivity contribution in [2.75, 3.05) is 0 Å². The lowest BCUT2D eigenvalue weighted by Crippen LogP contribution is -1.93. The molecule has 0 heterocycles. The summed E-state index contributed by atoms with van der Waals surface area (Å²) in [6.07, 6.45) is 7.06. The zero-order valence-electron chi connectivity index (χ0n) is 6.61. The van der Waals surface area contributed by atoms with Gasteiger partial charge in [-0.25, -0.2) is 0 Å². The highest BCUT2D eigenvalue weighted by molar-refractivity contribution is 5.84. The fourth-order valence-corrected chi connectivity index (χ4v) is 0.809. The Kier molecular flexibility index (Phi) is 2.58. The van der Waals surface area contributed by atoms with Crippen LogP contribution in [0.5, 0.6) is 0 Å². The Bertz CT molecular complexity index is 295. The number of ether oxygens (including phenoxy) is 1. The lowest BCUT2D eigenvalue weighted by molar-refractivity contribution is -0.135. The van der Waals surface area contributed by atoms with Crippen LogP contribution in [0.2, 0.25) is 0 Å². The van der Waals surface area contributed by atoms with Gasteiger partial charge >= 0.3 is 5.97 Å². The molecule has 0 aromatic rings. The van der Waals surface area contributed by atoms with E-state index in [0.717, 1.165) is 6.29 Å². The number of rotatable bonds is 2. The Morgan fingerprint density at radius 1 is 1.58 bits per heavy atom. The van der Waals surface area contributed by atoms with Gasteiger partial charge in [0.25, 0.3) is 0 Å². The van der Waals surface area contributed by atoms with Crippen LogP contribution in [0.15, 0.2) is 35.6 Å². The molecule has 0 amide bonds. The summed E-state index contributed by atoms with van der Waals surface area (Å²) in [7, 11) is 0. The van der Waals surface area contributed by atoms with Gasteiger partial charge in [0.05, 0.1) is 0 Å². The van der Waals surface area contributed by atoms with Crippen molar-refractivity contribution in [1.82, 2.24) is 0 Å². The Hall–Kier alpha value is -1.64. The molecule has 0 aromatic heterocycles. The molecule has 0 aliphatic heterocycles. The second kappa shape index (κ2) is 3.67. The number of carbonyl (C=O) groups excluding carboxylic acids is 2. The quantitative estimate of drug-likeness (QED) is 0.349. The van der Waals surface area contributed by atoms with E-state index in [1.54, 1.807) is 18.2 Å². The van der Waals surface area contributed by atoms with Gasteiger partial charge in [-0.3, -0.25) is 9.59 Å². The molecule has 3 heteroatoms. The van der Waals surface area contributed by atoms with E-state index in [2.05, 4.69) is 4.74 Å². The number of allylic oxidation sites excluding steroid dienone is 5. The molecule has 1 aliphatic rings. The average Bonchev–Trinajstić information content (AvgIpc) is 2.47. The summed E-state index contributed by atoms with van der Waals surface area (Å²) >= 11 is 0. The van der Waals surface area contributed by atoms with E-state index in [-0.39, 0.29) is 0 Å². The Morgan fingerprint density at radius 2 is 2.33 bits per heavy atom. The number of hydrogen-bond donors (Lipinski definition) is 0. The van der Waals surface area contributed by atoms with Crippen LogP contribution in [0.1, 0.15) is 6.92 Å². The summed E-state index contributed by atoms with van der Waals surface area (Å²) in [5.74, 6) is -0.395. The number of aldehydes is 1. The molecule has 0 unspecified atom stereocenters. The minimum Gasteiger partial charge on any atom is -0.434 e. The molecule has 0 aromatic carbocycles. The highest BCUT2D eigenvalue weighted by Gasteiger charge is 2.05. The average molecular weight is 164 g/mol. The molecule has 1 aliphatic carbocycles. The Morgan fingerprint density at radius 3 is 2.92 bits per heavy atom. The molecule has 12 heavy (non-hydrogen) atoms. The van der Waals surface area contributed by atoms with E-state index in [9.17, 15) is 9.59 Å². The summed E-state index contributed by atoms with van der Waals surface area (Å²) in [6, 6.07) is 0. The third-order valence-electron chi connectivity index (χ3n) is 1.36. The fraction of sp³-hybridized carbons (Fsp3) is 0.111. The lowest BCUT2D eigenvalue weighted by Gasteiger charge is -1.95. The van der Waals surface area contributed by atoms with Crippen molar-refractivity contribution >= 4 is 12.3 Å². The zero-order chi connectivity index (χ0) is 8.97. The van der Waals surface area contributed by atoms with Crippen LogP contribution in [0.4, 0.5) is 0 Å². The minimum absolute atomic E-state index is 0.395. The standard InChI is InChI=1S/C9H8O3/c1-7(11)12-6-9-4-2-3-8(9)5-10/h2-6H,1H3/b9-6-. The predicted molar refractivity (Wildman–Crippen MR) is 43.1 cm³/mol. The van der Waals surface area contributed by atoms with Crippen LogP contribution in [0.25, 0.3) is 0 Å². The normalized spacial score (nSPS) is 17.8. The van der Waals surface area contributed by atoms with Crippen LogP contribution < -0.4 is 0 Å². The van der Waals surface area contributed by atoms with E-state index in [1.807, 2.05) is 0 Å². The highest BCUT2D eigenvalue weighted by Crippen LogP contribution is 2.15. The molecule has 0 N–H and O–H groups in total. The van der Waals surface area contributed by atoms with E-state index in [0.29, 0.717) is 11.1 Å². The van der Waals surface area contributed by atoms with Gasteiger partial charge in [0.2, 0.25) is 0 Å². The third kappa shape index (κ3) is 1.92. The minimum atomic E-state index is -0.395. The first-order valence-corrected chi connectivity index (χ1v) is 3.45. The van der Waals surface area contributed by atoms with Crippen molar-refractivity contribution in [2.45, 2.75) is 6.92 Å². The Labute approximate surface area is 70.0 Å². The lowest BCUT2D eigenvalue weighted by atomic mass is 10.2. The van der Waals surface area contributed by atoms with Crippen molar-refractivity contribution in [1.29, 1.82) is 0 Å². The zero-order valence-corrected chi connectivity index (χ0v) is 6.61. The third-order valence-corrected chi connectivity index (χ3v) is 1.36. The number of hydrogen-bond acceptors (Lipinski definition) is 3. The van der Waals surface area contributed by atoms with E-state index in [4.69, 9.17) is 0 Å². The summed E-state index contributed by atoms with van der Waals surface area (Å²) in [4.78, 5) is 20.8. The summed E-state index contributed by atoms with van der Waals surface area (Å²) in [6.45, 7) is 1.31. The molecule has 0 spiro atoms. The van der Waals surface area contributed by atoms with E-state index in [1.165, 1.54) is 13.2 Å². The van der Waals surface area contributed by atoms with Crippen LogP contribution in [0, 0.1) is 0 Å². The van der Waals surface area contributed by atoms with Gasteiger partial charge in [-0.1, -0.05) is 18.2 Å². The number of carbonyl (C=O) groups is 2. The molecular formula is C9H8O3. The molecule has 0 radical (unpaired) electrons. The van der Waals surface area contributed by atoms with E-state index < -0.39 is 5.97 Å². The second-order valence-electron chi connectivity index (χ2n) is 2.28. The molecular weight excluding hydrogens is 156 g/mol. The van der Waals surface area contributed by atoms with Gasteiger partial charge in [-0.15, -0.1) is 0 Å². The smallest absolute Gasteiger partial charge is 0.307 e. The molecule has 0 saturated carbocycles. The number of esters is 1. The largest absolute Gasteiger partial charge is 0.434 e. The SMILES string of the molecule is CC(=O)O/C=C1/C=CC=C1C=O. The Balaban J connectivity index is 2.69. The maximum Gasteiger partial charge on any atom is 0.307 e. The van der Waals surface area contributed by atoms with Crippen molar-refractivity contribution in [2.24, 2.45) is 0 Å². The molecule has 3 nitrogen and oxygen atoms in total. The van der Waals surface area contributed by atoms with Gasteiger partial charge in [0.15, 0.2) is 6.29 Å². The van der Waals surface area contributed by atoms with E-state index >= 15 is 0 Å². The first kappa shape index (κ1) is 8.46. The van der Waals surface area contributed by atoms with Crippen LogP contribution in [-0.2, 0) is 14.3 Å². The molecule has 1 rings (SSSR count). The second-order valence-corrected chi connectivity index (χ2v) is 2.28. The summed E-state index contributed by atoms with van der Waals surface area (Å²) in [5, 5.41) is 0. The van der Waals surface area contributed by atoms with Gasteiger partial charge in [-0.2, -0.15) is 0 Å². The van der Waals surface area contributed by atoms with Crippen molar-refractivity contribution < 1.29 is 14.3 Å². The fourth-order valence-electron chi connectivity index (χ4n) is 0.809. The topological polar surface area (TPSA) is 43.4 Å². The summed E-state index contributed by atoms with van der Waals surface area (Å²) in [5.41, 5.74) is 1.15. The molecule has 0 bridgehead atoms. The first-order valence-electron chi connectivity index (χ1n) is 3.45. The maximum absolute atomic E-state index is 10.4. The van der Waals surface area contributed by atoms with Gasteiger partial charge in [0.1, 0.15) is 6.26 Å². The van der Waals surface area contributed by atoms with Crippen LogP contribution in [-0.4, -0.2) is 12.3 Å². The van der Waals surface area contributed by atoms with Crippen molar-refractivity contribution in [3.63, 3.8) is 0 Å². The van der Waals surface area contributed by atoms with Crippen molar-refractivity contribution in [3.05, 3.63) is 35.6 Å². The molecule has 0 fully saturated rings. The first-order chi connectivity index (χ1) is 5.74.